The molecule has 0 radical (unpaired) electrons. The maximum atomic E-state index is 12.2. The van der Waals surface area contributed by atoms with Crippen LogP contribution in [0.1, 0.15) is 59.3 Å². The number of pyridine rings is 1. The van der Waals surface area contributed by atoms with E-state index in [2.05, 4.69) is 58.6 Å². The molecule has 1 fully saturated rings. The zero-order valence-electron chi connectivity index (χ0n) is 24.1. The third kappa shape index (κ3) is 7.58. The lowest BCUT2D eigenvalue weighted by atomic mass is 9.88. The van der Waals surface area contributed by atoms with Crippen molar-refractivity contribution in [3.63, 3.8) is 0 Å². The van der Waals surface area contributed by atoms with Gasteiger partial charge in [0.15, 0.2) is 0 Å². The molecule has 1 saturated heterocycles. The zero-order chi connectivity index (χ0) is 27.8. The summed E-state index contributed by atoms with van der Waals surface area (Å²) < 4.78 is 5.32. The Labute approximate surface area is 233 Å². The van der Waals surface area contributed by atoms with E-state index in [9.17, 15) is 4.79 Å². The van der Waals surface area contributed by atoms with Crippen molar-refractivity contribution in [1.29, 1.82) is 0 Å². The molecule has 2 aliphatic heterocycles. The number of carbonyl (C=O) groups is 1. The van der Waals surface area contributed by atoms with Crippen molar-refractivity contribution in [1.82, 2.24) is 20.1 Å². The van der Waals surface area contributed by atoms with E-state index in [1.165, 1.54) is 16.7 Å². The van der Waals surface area contributed by atoms with Gasteiger partial charge in [0.2, 0.25) is 0 Å². The van der Waals surface area contributed by atoms with Crippen LogP contribution >= 0.6 is 0 Å². The van der Waals surface area contributed by atoms with Gasteiger partial charge in [0.1, 0.15) is 0 Å². The van der Waals surface area contributed by atoms with Crippen LogP contribution in [-0.4, -0.2) is 74.7 Å². The van der Waals surface area contributed by atoms with E-state index < -0.39 is 0 Å². The molecule has 1 aromatic heterocycles. The molecule has 2 aromatic rings. The molecule has 1 aromatic carbocycles. The van der Waals surface area contributed by atoms with Crippen molar-refractivity contribution in [2.24, 2.45) is 0 Å². The van der Waals surface area contributed by atoms with Crippen LogP contribution < -0.4 is 10.6 Å². The van der Waals surface area contributed by atoms with Crippen molar-refractivity contribution in [3.05, 3.63) is 88.0 Å². The maximum absolute atomic E-state index is 12.2. The highest BCUT2D eigenvalue weighted by Crippen LogP contribution is 2.29. The third-order valence-electron chi connectivity index (χ3n) is 7.61. The van der Waals surface area contributed by atoms with Crippen molar-refractivity contribution in [2.45, 2.75) is 39.0 Å². The van der Waals surface area contributed by atoms with E-state index >= 15 is 0 Å². The molecule has 1 amide bonds. The van der Waals surface area contributed by atoms with Crippen molar-refractivity contribution in [3.8, 4) is 0 Å². The minimum atomic E-state index is 0.0521. The number of hydrogen-bond donors (Lipinski definition) is 2. The summed E-state index contributed by atoms with van der Waals surface area (Å²) in [6.07, 6.45) is 11.5. The molecule has 2 N–H and O–H groups in total. The summed E-state index contributed by atoms with van der Waals surface area (Å²) in [6.45, 7) is 8.98. The second-order valence-corrected chi connectivity index (χ2v) is 10.8. The summed E-state index contributed by atoms with van der Waals surface area (Å²) in [5, 5.41) is 6.91. The van der Waals surface area contributed by atoms with Crippen LogP contribution in [0.4, 0.5) is 5.69 Å². The SMILES string of the molecule is COCC1=C(/C=C\Nc2ccnc(C)c2/C=C(\C)CN2CCC(c3ccc(C(=O)N(C)C)cc3)CC2)NCC1. The molecule has 0 aliphatic carbocycles. The standard InChI is InChI=1S/C32H43N5O2/c1-23(21-37-18-13-26(14-19-37)25-6-8-27(9-7-25)32(38)36(3)4)20-29-24(2)33-16-12-31(29)35-17-11-30-28(22-39-5)10-15-34-30/h6-9,11-12,16-17,20,26,34H,10,13-15,18-19,21-22H2,1-5H3,(H,33,35)/b17-11-,23-20+. The number of piperidine rings is 1. The second-order valence-electron chi connectivity index (χ2n) is 10.8. The molecule has 39 heavy (non-hydrogen) atoms. The van der Waals surface area contributed by atoms with Crippen LogP contribution in [-0.2, 0) is 4.74 Å². The first-order chi connectivity index (χ1) is 18.9. The number of benzene rings is 1. The number of nitrogens with zero attached hydrogens (tertiary/aromatic N) is 3. The van der Waals surface area contributed by atoms with Gasteiger partial charge in [0.05, 0.1) is 6.61 Å². The van der Waals surface area contributed by atoms with Gasteiger partial charge in [-0.05, 0) is 87.5 Å². The molecule has 7 heteroatoms. The Balaban J connectivity index is 1.34. The average Bonchev–Trinajstić information content (AvgIpc) is 3.37. The van der Waals surface area contributed by atoms with Crippen molar-refractivity contribution < 1.29 is 9.53 Å². The molecule has 7 nitrogen and oxygen atoms in total. The number of amides is 1. The summed E-state index contributed by atoms with van der Waals surface area (Å²) in [4.78, 5) is 20.9. The Bertz CT molecular complexity index is 1220. The van der Waals surface area contributed by atoms with Gasteiger partial charge in [0.25, 0.3) is 5.91 Å². The summed E-state index contributed by atoms with van der Waals surface area (Å²) >= 11 is 0. The Hall–Kier alpha value is -3.42. The van der Waals surface area contributed by atoms with E-state index in [-0.39, 0.29) is 5.91 Å². The minimum Gasteiger partial charge on any atom is -0.385 e. The second kappa shape index (κ2) is 13.6. The summed E-state index contributed by atoms with van der Waals surface area (Å²) in [5.74, 6) is 0.599. The van der Waals surface area contributed by atoms with Gasteiger partial charge in [-0.1, -0.05) is 23.8 Å². The zero-order valence-corrected chi connectivity index (χ0v) is 24.1. The van der Waals surface area contributed by atoms with Crippen LogP contribution in [0.2, 0.25) is 0 Å². The largest absolute Gasteiger partial charge is 0.385 e. The molecule has 208 valence electrons. The summed E-state index contributed by atoms with van der Waals surface area (Å²) in [7, 11) is 5.32. The fourth-order valence-corrected chi connectivity index (χ4v) is 5.43. The van der Waals surface area contributed by atoms with Gasteiger partial charge in [-0.25, -0.2) is 0 Å². The quantitative estimate of drug-likeness (QED) is 0.441. The molecule has 0 saturated carbocycles. The van der Waals surface area contributed by atoms with E-state index in [4.69, 9.17) is 4.74 Å². The van der Waals surface area contributed by atoms with E-state index in [0.29, 0.717) is 12.5 Å². The molecule has 0 unspecified atom stereocenters. The summed E-state index contributed by atoms with van der Waals surface area (Å²) in [6, 6.07) is 10.2. The van der Waals surface area contributed by atoms with E-state index in [1.807, 2.05) is 30.6 Å². The van der Waals surface area contributed by atoms with Gasteiger partial charge in [-0.15, -0.1) is 0 Å². The predicted octanol–water partition coefficient (Wildman–Crippen LogP) is 5.19. The van der Waals surface area contributed by atoms with Crippen LogP contribution in [0.3, 0.4) is 0 Å². The molecule has 3 heterocycles. The number of allylic oxidation sites excluding steroid dienone is 1. The lowest BCUT2D eigenvalue weighted by molar-refractivity contribution is 0.0827. The molecule has 0 bridgehead atoms. The number of methoxy groups -OCH3 is 1. The predicted molar refractivity (Wildman–Crippen MR) is 160 cm³/mol. The van der Waals surface area contributed by atoms with Gasteiger partial charge >= 0.3 is 0 Å². The Morgan fingerprint density at radius 1 is 1.21 bits per heavy atom. The number of rotatable bonds is 10. The fraction of sp³-hybridized carbons (Fsp3) is 0.438. The van der Waals surface area contributed by atoms with Gasteiger partial charge < -0.3 is 20.3 Å². The monoisotopic (exact) mass is 529 g/mol. The van der Waals surface area contributed by atoms with Gasteiger partial charge in [-0.3, -0.25) is 14.7 Å². The first kappa shape index (κ1) is 28.6. The Kier molecular flexibility index (Phi) is 9.96. The molecular formula is C32H43N5O2. The Morgan fingerprint density at radius 3 is 2.64 bits per heavy atom. The number of aryl methyl sites for hydroxylation is 1. The third-order valence-corrected chi connectivity index (χ3v) is 7.61. The molecule has 0 atom stereocenters. The van der Waals surface area contributed by atoms with E-state index in [1.54, 1.807) is 26.1 Å². The molecule has 0 spiro atoms. The van der Waals surface area contributed by atoms with Crippen LogP contribution in [0, 0.1) is 6.92 Å². The number of carbonyl (C=O) groups excluding carboxylic acids is 1. The van der Waals surface area contributed by atoms with Crippen LogP contribution in [0.5, 0.6) is 0 Å². The highest BCUT2D eigenvalue weighted by atomic mass is 16.5. The molecule has 4 rings (SSSR count). The summed E-state index contributed by atoms with van der Waals surface area (Å²) in [5.41, 5.74) is 9.06. The average molecular weight is 530 g/mol. The lowest BCUT2D eigenvalue weighted by Crippen LogP contribution is -2.34. The van der Waals surface area contributed by atoms with Crippen LogP contribution in [0.25, 0.3) is 6.08 Å². The first-order valence-electron chi connectivity index (χ1n) is 13.9. The first-order valence-corrected chi connectivity index (χ1v) is 13.9. The number of aromatic nitrogens is 1. The maximum Gasteiger partial charge on any atom is 0.253 e. The normalized spacial score (nSPS) is 17.1. The minimum absolute atomic E-state index is 0.0521. The lowest BCUT2D eigenvalue weighted by Gasteiger charge is -2.32. The smallest absolute Gasteiger partial charge is 0.253 e. The highest BCUT2D eigenvalue weighted by molar-refractivity contribution is 5.93. The van der Waals surface area contributed by atoms with Crippen molar-refractivity contribution >= 4 is 17.7 Å². The van der Waals surface area contributed by atoms with Gasteiger partial charge in [0, 0.05) is 74.9 Å². The van der Waals surface area contributed by atoms with E-state index in [0.717, 1.165) is 73.6 Å². The highest BCUT2D eigenvalue weighted by Gasteiger charge is 2.21. The van der Waals surface area contributed by atoms with Crippen LogP contribution in [0.15, 0.2) is 65.6 Å². The fourth-order valence-electron chi connectivity index (χ4n) is 5.43. The van der Waals surface area contributed by atoms with Gasteiger partial charge in [-0.2, -0.15) is 0 Å². The molecular weight excluding hydrogens is 486 g/mol. The number of ether oxygens (including phenoxy) is 1. The molecule has 2 aliphatic rings. The number of anilines is 1. The number of likely N-dealkylation sites (tertiary alicyclic amines) is 1. The van der Waals surface area contributed by atoms with Crippen molar-refractivity contribution in [2.75, 3.05) is 59.3 Å². The number of hydrogen-bond acceptors (Lipinski definition) is 6. The number of nitrogens with one attached hydrogen (secondary N) is 2. The Morgan fingerprint density at radius 2 is 1.95 bits per heavy atom. The topological polar surface area (TPSA) is 69.7 Å².